The monoisotopic (exact) mass is 353 g/mol. The average molecular weight is 354 g/mol. The highest BCUT2D eigenvalue weighted by molar-refractivity contribution is 6.31. The minimum atomic E-state index is -0.619. The highest BCUT2D eigenvalue weighted by Gasteiger charge is 2.38. The quantitative estimate of drug-likeness (QED) is 0.891. The third-order valence-electron chi connectivity index (χ3n) is 3.93. The van der Waals surface area contributed by atoms with Crippen LogP contribution in [0.3, 0.4) is 0 Å². The molecule has 2 aliphatic heterocycles. The lowest BCUT2D eigenvalue weighted by Gasteiger charge is -2.40. The minimum Gasteiger partial charge on any atom is -0.495 e. The smallest absolute Gasteiger partial charge is 0.417 e. The summed E-state index contributed by atoms with van der Waals surface area (Å²) in [6.07, 6.45) is -0.619. The minimum absolute atomic E-state index is 0.0478. The maximum Gasteiger partial charge on any atom is 0.417 e. The van der Waals surface area contributed by atoms with Crippen molar-refractivity contribution in [2.45, 2.75) is 0 Å². The number of cyclic esters (lactones) is 1. The van der Waals surface area contributed by atoms with Crippen LogP contribution in [-0.4, -0.2) is 61.2 Å². The van der Waals surface area contributed by atoms with E-state index in [1.54, 1.807) is 23.1 Å². The normalized spacial score (nSPS) is 17.6. The summed E-state index contributed by atoms with van der Waals surface area (Å²) in [5.74, 6) is 0.216. The fourth-order valence-electron chi connectivity index (χ4n) is 2.64. The van der Waals surface area contributed by atoms with Gasteiger partial charge in [0.15, 0.2) is 6.61 Å². The van der Waals surface area contributed by atoms with Crippen LogP contribution >= 0.6 is 11.6 Å². The molecule has 2 fully saturated rings. The third kappa shape index (κ3) is 3.23. The molecule has 128 valence electrons. The van der Waals surface area contributed by atoms with E-state index in [1.807, 2.05) is 0 Å². The summed E-state index contributed by atoms with van der Waals surface area (Å²) in [4.78, 5) is 37.8. The first-order valence-corrected chi connectivity index (χ1v) is 7.72. The fourth-order valence-corrected chi connectivity index (χ4v) is 2.81. The molecule has 2 saturated heterocycles. The van der Waals surface area contributed by atoms with E-state index in [1.165, 1.54) is 7.11 Å². The molecule has 0 radical (unpaired) electrons. The molecule has 4 amide bonds. The molecule has 1 aromatic rings. The van der Waals surface area contributed by atoms with Gasteiger partial charge in [0.2, 0.25) is 0 Å². The Hall–Kier alpha value is -2.48. The van der Waals surface area contributed by atoms with Crippen LogP contribution in [0.25, 0.3) is 0 Å². The lowest BCUT2D eigenvalue weighted by Crippen LogP contribution is -2.55. The van der Waals surface area contributed by atoms with E-state index in [0.29, 0.717) is 29.5 Å². The molecule has 0 saturated carbocycles. The molecule has 2 aliphatic rings. The zero-order valence-corrected chi connectivity index (χ0v) is 13.7. The molecule has 8 nitrogen and oxygen atoms in total. The van der Waals surface area contributed by atoms with E-state index in [2.05, 4.69) is 10.1 Å². The molecule has 0 atom stereocenters. The van der Waals surface area contributed by atoms with Gasteiger partial charge in [0.05, 0.1) is 12.8 Å². The second-order valence-corrected chi connectivity index (χ2v) is 6.04. The zero-order chi connectivity index (χ0) is 17.3. The molecule has 0 spiro atoms. The number of halogens is 1. The standard InChI is InChI=1S/C15H16ClN3O5/c1-23-12-3-2-10(16)4-11(12)17-14(21)18-5-9(6-18)7-19-13(20)8-24-15(19)22/h2-4,9H,5-8H2,1H3,(H,17,21). The number of anilines is 1. The number of rotatable bonds is 4. The first-order chi connectivity index (χ1) is 11.5. The Morgan fingerprint density at radius 2 is 2.17 bits per heavy atom. The number of methoxy groups -OCH3 is 1. The number of nitrogens with one attached hydrogen (secondary N) is 1. The highest BCUT2D eigenvalue weighted by Crippen LogP contribution is 2.29. The summed E-state index contributed by atoms with van der Waals surface area (Å²) < 4.78 is 9.83. The summed E-state index contributed by atoms with van der Waals surface area (Å²) in [5.41, 5.74) is 0.483. The summed E-state index contributed by atoms with van der Waals surface area (Å²) in [5, 5.41) is 3.23. The van der Waals surface area contributed by atoms with Crippen LogP contribution in [0.2, 0.25) is 5.02 Å². The van der Waals surface area contributed by atoms with Gasteiger partial charge >= 0.3 is 12.1 Å². The zero-order valence-electron chi connectivity index (χ0n) is 13.0. The van der Waals surface area contributed by atoms with Crippen molar-refractivity contribution in [2.24, 2.45) is 5.92 Å². The Kier molecular flexibility index (Phi) is 4.48. The number of benzene rings is 1. The lowest BCUT2D eigenvalue weighted by molar-refractivity contribution is -0.126. The molecule has 1 aromatic carbocycles. The molecule has 24 heavy (non-hydrogen) atoms. The van der Waals surface area contributed by atoms with Crippen molar-refractivity contribution in [3.8, 4) is 5.75 Å². The first-order valence-electron chi connectivity index (χ1n) is 7.34. The Morgan fingerprint density at radius 1 is 1.42 bits per heavy atom. The van der Waals surface area contributed by atoms with Gasteiger partial charge in [-0.25, -0.2) is 14.5 Å². The topological polar surface area (TPSA) is 88.2 Å². The van der Waals surface area contributed by atoms with Crippen LogP contribution in [0.4, 0.5) is 15.3 Å². The van der Waals surface area contributed by atoms with Crippen LogP contribution in [0, 0.1) is 5.92 Å². The molecule has 2 heterocycles. The number of urea groups is 1. The molecule has 1 N–H and O–H groups in total. The summed E-state index contributed by atoms with van der Waals surface area (Å²) in [6.45, 7) is 0.962. The van der Waals surface area contributed by atoms with E-state index in [4.69, 9.17) is 16.3 Å². The number of likely N-dealkylation sites (tertiary alicyclic amines) is 1. The lowest BCUT2D eigenvalue weighted by atomic mass is 10.0. The van der Waals surface area contributed by atoms with Gasteiger partial charge in [-0.1, -0.05) is 11.6 Å². The highest BCUT2D eigenvalue weighted by atomic mass is 35.5. The predicted molar refractivity (Wildman–Crippen MR) is 85.1 cm³/mol. The van der Waals surface area contributed by atoms with Crippen LogP contribution in [0.1, 0.15) is 0 Å². The van der Waals surface area contributed by atoms with Crippen LogP contribution < -0.4 is 10.1 Å². The number of amides is 4. The maximum atomic E-state index is 12.2. The van der Waals surface area contributed by atoms with Gasteiger partial charge in [0.1, 0.15) is 5.75 Å². The first kappa shape index (κ1) is 16.4. The van der Waals surface area contributed by atoms with Gasteiger partial charge in [-0.15, -0.1) is 0 Å². The van der Waals surface area contributed by atoms with Crippen molar-refractivity contribution in [3.05, 3.63) is 23.2 Å². The second kappa shape index (κ2) is 6.56. The number of carbonyl (C=O) groups excluding carboxylic acids is 3. The number of carbonyl (C=O) groups is 3. The summed E-state index contributed by atoms with van der Waals surface area (Å²) in [6, 6.07) is 4.65. The number of nitrogens with zero attached hydrogens (tertiary/aromatic N) is 2. The van der Waals surface area contributed by atoms with Crippen molar-refractivity contribution in [2.75, 3.05) is 38.7 Å². The Labute approximate surface area is 143 Å². The van der Waals surface area contributed by atoms with E-state index < -0.39 is 6.09 Å². The molecule has 0 aliphatic carbocycles. The number of hydrogen-bond acceptors (Lipinski definition) is 5. The Balaban J connectivity index is 1.53. The molecule has 3 rings (SSSR count). The van der Waals surface area contributed by atoms with Crippen molar-refractivity contribution in [1.82, 2.24) is 9.80 Å². The number of hydrogen-bond donors (Lipinski definition) is 1. The SMILES string of the molecule is COc1ccc(Cl)cc1NC(=O)N1CC(CN2C(=O)COC2=O)C1. The van der Waals surface area contributed by atoms with Gasteiger partial charge in [0, 0.05) is 30.6 Å². The van der Waals surface area contributed by atoms with E-state index in [9.17, 15) is 14.4 Å². The molecule has 9 heteroatoms. The van der Waals surface area contributed by atoms with Crippen LogP contribution in [0.15, 0.2) is 18.2 Å². The molecular formula is C15H16ClN3O5. The third-order valence-corrected chi connectivity index (χ3v) is 4.16. The predicted octanol–water partition coefficient (Wildman–Crippen LogP) is 1.79. The van der Waals surface area contributed by atoms with Crippen molar-refractivity contribution in [3.63, 3.8) is 0 Å². The van der Waals surface area contributed by atoms with Crippen LogP contribution in [-0.2, 0) is 9.53 Å². The number of imide groups is 1. The van der Waals surface area contributed by atoms with Gasteiger partial charge in [-0.05, 0) is 18.2 Å². The van der Waals surface area contributed by atoms with Gasteiger partial charge in [-0.3, -0.25) is 4.79 Å². The van der Waals surface area contributed by atoms with E-state index in [0.717, 1.165) is 4.90 Å². The molecule has 0 unspecified atom stereocenters. The summed E-state index contributed by atoms with van der Waals surface area (Å²) in [7, 11) is 1.50. The Morgan fingerprint density at radius 3 is 2.79 bits per heavy atom. The summed E-state index contributed by atoms with van der Waals surface area (Å²) >= 11 is 5.93. The van der Waals surface area contributed by atoms with E-state index >= 15 is 0 Å². The van der Waals surface area contributed by atoms with Crippen LogP contribution in [0.5, 0.6) is 5.75 Å². The van der Waals surface area contributed by atoms with E-state index in [-0.39, 0.29) is 31.0 Å². The van der Waals surface area contributed by atoms with Gasteiger partial charge in [0.25, 0.3) is 5.91 Å². The van der Waals surface area contributed by atoms with Crippen molar-refractivity contribution < 1.29 is 23.9 Å². The van der Waals surface area contributed by atoms with Gasteiger partial charge in [-0.2, -0.15) is 0 Å². The van der Waals surface area contributed by atoms with Gasteiger partial charge < -0.3 is 19.7 Å². The number of ether oxygens (including phenoxy) is 2. The molecule has 0 aromatic heterocycles. The fraction of sp³-hybridized carbons (Fsp3) is 0.400. The molecular weight excluding hydrogens is 338 g/mol. The van der Waals surface area contributed by atoms with Crippen molar-refractivity contribution in [1.29, 1.82) is 0 Å². The van der Waals surface area contributed by atoms with Crippen molar-refractivity contribution >= 4 is 35.3 Å². The average Bonchev–Trinajstić information content (AvgIpc) is 2.81. The largest absolute Gasteiger partial charge is 0.495 e. The second-order valence-electron chi connectivity index (χ2n) is 5.60. The Bertz CT molecular complexity index is 674. The molecule has 0 bridgehead atoms. The maximum absolute atomic E-state index is 12.2.